The summed E-state index contributed by atoms with van der Waals surface area (Å²) in [5, 5.41) is 18.9. The Bertz CT molecular complexity index is 411. The molecule has 0 aromatic heterocycles. The zero-order valence-corrected chi connectivity index (χ0v) is 11.0. The Morgan fingerprint density at radius 3 is 2.18 bits per heavy atom. The maximum atomic E-state index is 9.46. The zero-order valence-electron chi connectivity index (χ0n) is 11.0. The van der Waals surface area contributed by atoms with E-state index in [0.717, 1.165) is 12.8 Å². The van der Waals surface area contributed by atoms with Crippen LogP contribution in [-0.2, 0) is 18.3 Å². The van der Waals surface area contributed by atoms with Gasteiger partial charge in [-0.3, -0.25) is 0 Å². The van der Waals surface area contributed by atoms with Crippen molar-refractivity contribution in [2.45, 2.75) is 39.0 Å². The molecule has 17 heavy (non-hydrogen) atoms. The van der Waals surface area contributed by atoms with Crippen molar-refractivity contribution in [3.63, 3.8) is 0 Å². The molecule has 0 saturated carbocycles. The predicted molar refractivity (Wildman–Crippen MR) is 69.2 cm³/mol. The number of hydrogen-bond donors (Lipinski definition) is 2. The first-order valence-corrected chi connectivity index (χ1v) is 6.24. The van der Waals surface area contributed by atoms with Crippen molar-refractivity contribution in [2.24, 2.45) is 5.41 Å². The van der Waals surface area contributed by atoms with E-state index in [2.05, 4.69) is 39.0 Å². The Labute approximate surface area is 103 Å². The summed E-state index contributed by atoms with van der Waals surface area (Å²) < 4.78 is 0. The van der Waals surface area contributed by atoms with Crippen molar-refractivity contribution in [1.82, 2.24) is 0 Å². The number of benzene rings is 1. The second-order valence-corrected chi connectivity index (χ2v) is 6.40. The average molecular weight is 234 g/mol. The van der Waals surface area contributed by atoms with E-state index in [-0.39, 0.29) is 24.0 Å². The molecule has 2 nitrogen and oxygen atoms in total. The molecule has 0 saturated heterocycles. The highest BCUT2D eigenvalue weighted by Crippen LogP contribution is 2.38. The Balaban J connectivity index is 2.34. The minimum absolute atomic E-state index is 0.0586. The van der Waals surface area contributed by atoms with Crippen LogP contribution in [0.5, 0.6) is 0 Å². The van der Waals surface area contributed by atoms with Gasteiger partial charge < -0.3 is 10.2 Å². The highest BCUT2D eigenvalue weighted by Gasteiger charge is 2.36. The van der Waals surface area contributed by atoms with E-state index in [1.54, 1.807) is 0 Å². The molecule has 0 unspecified atom stereocenters. The number of aliphatic hydroxyl groups excluding tert-OH is 2. The average Bonchev–Trinajstić information content (AvgIpc) is 2.66. The number of rotatable bonds is 2. The summed E-state index contributed by atoms with van der Waals surface area (Å²) in [4.78, 5) is 0. The van der Waals surface area contributed by atoms with Crippen LogP contribution in [0.15, 0.2) is 18.2 Å². The molecule has 2 N–H and O–H groups in total. The molecule has 94 valence electrons. The van der Waals surface area contributed by atoms with Crippen LogP contribution in [0.1, 0.15) is 37.5 Å². The van der Waals surface area contributed by atoms with Crippen molar-refractivity contribution in [3.05, 3.63) is 34.9 Å². The summed E-state index contributed by atoms with van der Waals surface area (Å²) in [7, 11) is 0. The summed E-state index contributed by atoms with van der Waals surface area (Å²) in [6.07, 6.45) is 1.58. The van der Waals surface area contributed by atoms with Crippen molar-refractivity contribution in [2.75, 3.05) is 13.2 Å². The van der Waals surface area contributed by atoms with E-state index >= 15 is 0 Å². The molecule has 1 aliphatic carbocycles. The Morgan fingerprint density at radius 2 is 1.65 bits per heavy atom. The number of aliphatic hydroxyl groups is 2. The molecular weight excluding hydrogens is 212 g/mol. The van der Waals surface area contributed by atoms with E-state index in [4.69, 9.17) is 0 Å². The second kappa shape index (κ2) is 4.11. The van der Waals surface area contributed by atoms with Gasteiger partial charge in [-0.2, -0.15) is 0 Å². The summed E-state index contributed by atoms with van der Waals surface area (Å²) in [5.41, 5.74) is 3.71. The van der Waals surface area contributed by atoms with E-state index in [1.165, 1.54) is 16.7 Å². The SMILES string of the molecule is CC(C)(C)c1ccc2c(c1)CC(CO)(CO)C2. The van der Waals surface area contributed by atoms with Gasteiger partial charge in [0.1, 0.15) is 0 Å². The van der Waals surface area contributed by atoms with E-state index in [1.807, 2.05) is 0 Å². The highest BCUT2D eigenvalue weighted by molar-refractivity contribution is 5.40. The predicted octanol–water partition coefficient (Wildman–Crippen LogP) is 2.05. The first-order chi connectivity index (χ1) is 7.90. The molecule has 0 atom stereocenters. The van der Waals surface area contributed by atoms with Crippen LogP contribution in [0, 0.1) is 5.41 Å². The van der Waals surface area contributed by atoms with E-state index in [9.17, 15) is 10.2 Å². The van der Waals surface area contributed by atoms with Crippen LogP contribution in [0.4, 0.5) is 0 Å². The van der Waals surface area contributed by atoms with Gasteiger partial charge >= 0.3 is 0 Å². The summed E-state index contributed by atoms with van der Waals surface area (Å²) in [5.74, 6) is 0. The summed E-state index contributed by atoms with van der Waals surface area (Å²) in [6.45, 7) is 6.73. The molecule has 1 aliphatic rings. The lowest BCUT2D eigenvalue weighted by molar-refractivity contribution is 0.0634. The van der Waals surface area contributed by atoms with Crippen LogP contribution >= 0.6 is 0 Å². The molecule has 0 heterocycles. The van der Waals surface area contributed by atoms with Crippen LogP contribution in [0.25, 0.3) is 0 Å². The molecule has 0 bridgehead atoms. The first kappa shape index (κ1) is 12.6. The summed E-state index contributed by atoms with van der Waals surface area (Å²) >= 11 is 0. The maximum Gasteiger partial charge on any atom is 0.0515 e. The summed E-state index contributed by atoms with van der Waals surface area (Å²) in [6, 6.07) is 6.56. The standard InChI is InChI=1S/C15H22O2/c1-14(2,3)13-5-4-11-7-15(9-16,10-17)8-12(11)6-13/h4-6,16-17H,7-10H2,1-3H3. The third kappa shape index (κ3) is 2.24. The maximum absolute atomic E-state index is 9.46. The monoisotopic (exact) mass is 234 g/mol. The van der Waals surface area contributed by atoms with Gasteiger partial charge in [0.2, 0.25) is 0 Å². The van der Waals surface area contributed by atoms with Crippen molar-refractivity contribution < 1.29 is 10.2 Å². The van der Waals surface area contributed by atoms with Crippen molar-refractivity contribution >= 4 is 0 Å². The molecule has 0 spiro atoms. The fourth-order valence-electron chi connectivity index (χ4n) is 2.57. The van der Waals surface area contributed by atoms with Gasteiger partial charge in [-0.25, -0.2) is 0 Å². The quantitative estimate of drug-likeness (QED) is 0.822. The van der Waals surface area contributed by atoms with Crippen LogP contribution in [-0.4, -0.2) is 23.4 Å². The fraction of sp³-hybridized carbons (Fsp3) is 0.600. The van der Waals surface area contributed by atoms with Gasteiger partial charge in [-0.05, 0) is 34.9 Å². The van der Waals surface area contributed by atoms with Gasteiger partial charge in [0, 0.05) is 5.41 Å². The highest BCUT2D eigenvalue weighted by atomic mass is 16.3. The Morgan fingerprint density at radius 1 is 1.06 bits per heavy atom. The van der Waals surface area contributed by atoms with Gasteiger partial charge in [-0.1, -0.05) is 39.0 Å². The van der Waals surface area contributed by atoms with Crippen LogP contribution in [0.3, 0.4) is 0 Å². The van der Waals surface area contributed by atoms with Gasteiger partial charge in [0.05, 0.1) is 13.2 Å². The Hall–Kier alpha value is -0.860. The van der Waals surface area contributed by atoms with Gasteiger partial charge in [-0.15, -0.1) is 0 Å². The van der Waals surface area contributed by atoms with Crippen LogP contribution in [0.2, 0.25) is 0 Å². The molecular formula is C15H22O2. The Kier molecular flexibility index (Phi) is 3.04. The normalized spacial score (nSPS) is 18.2. The first-order valence-electron chi connectivity index (χ1n) is 6.24. The van der Waals surface area contributed by atoms with Crippen LogP contribution < -0.4 is 0 Å². The third-order valence-electron chi connectivity index (χ3n) is 3.87. The molecule has 1 aromatic carbocycles. The number of fused-ring (bicyclic) bond motifs is 1. The van der Waals surface area contributed by atoms with E-state index in [0.29, 0.717) is 0 Å². The van der Waals surface area contributed by atoms with Crippen molar-refractivity contribution in [1.29, 1.82) is 0 Å². The molecule has 2 heteroatoms. The van der Waals surface area contributed by atoms with E-state index < -0.39 is 0 Å². The van der Waals surface area contributed by atoms with Gasteiger partial charge in [0.15, 0.2) is 0 Å². The largest absolute Gasteiger partial charge is 0.396 e. The minimum atomic E-state index is -0.334. The lowest BCUT2D eigenvalue weighted by Gasteiger charge is -2.23. The molecule has 1 aromatic rings. The smallest absolute Gasteiger partial charge is 0.0515 e. The topological polar surface area (TPSA) is 40.5 Å². The zero-order chi connectivity index (χ0) is 12.7. The molecule has 0 amide bonds. The van der Waals surface area contributed by atoms with Gasteiger partial charge in [0.25, 0.3) is 0 Å². The minimum Gasteiger partial charge on any atom is -0.396 e. The fourth-order valence-corrected chi connectivity index (χ4v) is 2.57. The number of hydrogen-bond acceptors (Lipinski definition) is 2. The molecule has 0 aliphatic heterocycles. The second-order valence-electron chi connectivity index (χ2n) is 6.40. The molecule has 0 fully saturated rings. The van der Waals surface area contributed by atoms with Crippen molar-refractivity contribution in [3.8, 4) is 0 Å². The molecule has 0 radical (unpaired) electrons. The third-order valence-corrected chi connectivity index (χ3v) is 3.87. The molecule has 2 rings (SSSR count). The lowest BCUT2D eigenvalue weighted by atomic mass is 9.85. The lowest BCUT2D eigenvalue weighted by Crippen LogP contribution is -2.30.